The highest BCUT2D eigenvalue weighted by atomic mass is 16.6. The van der Waals surface area contributed by atoms with E-state index in [2.05, 4.69) is 30.9 Å². The Balaban J connectivity index is 2.18. The van der Waals surface area contributed by atoms with Crippen molar-refractivity contribution in [2.45, 2.75) is 6.54 Å². The van der Waals surface area contributed by atoms with Gasteiger partial charge in [0.2, 0.25) is 0 Å². The maximum atomic E-state index is 12.0. The monoisotopic (exact) mass is 278 g/mol. The fourth-order valence-electron chi connectivity index (χ4n) is 1.42. The minimum atomic E-state index is -0.701. The third-order valence-electron chi connectivity index (χ3n) is 2.36. The van der Waals surface area contributed by atoms with Gasteiger partial charge in [0.15, 0.2) is 6.20 Å². The molecule has 0 aliphatic carbocycles. The number of aromatic amines is 1. The van der Waals surface area contributed by atoms with Crippen molar-refractivity contribution >= 4 is 17.4 Å². The van der Waals surface area contributed by atoms with E-state index in [1.54, 1.807) is 0 Å². The zero-order chi connectivity index (χ0) is 14.5. The van der Waals surface area contributed by atoms with Gasteiger partial charge in [-0.15, -0.1) is 0 Å². The topological polar surface area (TPSA) is 165 Å². The number of H-pyrrole nitrogens is 1. The number of hydrazine groups is 1. The minimum Gasteiger partial charge on any atom is -0.358 e. The second-order valence-corrected chi connectivity index (χ2v) is 3.60. The summed E-state index contributed by atoms with van der Waals surface area (Å²) >= 11 is 0. The maximum Gasteiger partial charge on any atom is 0.364 e. The molecule has 0 bridgehead atoms. The van der Waals surface area contributed by atoms with Gasteiger partial charge in [-0.3, -0.25) is 15.7 Å². The van der Waals surface area contributed by atoms with E-state index in [0.29, 0.717) is 5.82 Å². The average Bonchev–Trinajstić information content (AvgIpc) is 2.97. The first-order chi connectivity index (χ1) is 9.61. The van der Waals surface area contributed by atoms with Crippen LogP contribution in [0.1, 0.15) is 16.2 Å². The van der Waals surface area contributed by atoms with Gasteiger partial charge in [-0.05, 0) is 9.91 Å². The Hall–Kier alpha value is -3.08. The number of hydrogen-bond donors (Lipinski definition) is 4. The lowest BCUT2D eigenvalue weighted by molar-refractivity contribution is -0.389. The molecule has 0 aliphatic rings. The van der Waals surface area contributed by atoms with Gasteiger partial charge >= 0.3 is 5.82 Å². The molecular weight excluding hydrogens is 268 g/mol. The van der Waals surface area contributed by atoms with E-state index in [-0.39, 0.29) is 17.8 Å². The molecule has 20 heavy (non-hydrogen) atoms. The number of carbonyl (C=O) groups is 1. The first-order valence-electron chi connectivity index (χ1n) is 5.35. The summed E-state index contributed by atoms with van der Waals surface area (Å²) < 4.78 is 0. The van der Waals surface area contributed by atoms with Gasteiger partial charge in [-0.25, -0.2) is 4.98 Å². The smallest absolute Gasteiger partial charge is 0.358 e. The fourth-order valence-corrected chi connectivity index (χ4v) is 1.42. The predicted molar refractivity (Wildman–Crippen MR) is 66.3 cm³/mol. The number of aromatic nitrogens is 4. The molecule has 0 spiro atoms. The lowest BCUT2D eigenvalue weighted by atomic mass is 10.2. The molecule has 5 N–H and O–H groups in total. The lowest BCUT2D eigenvalue weighted by Gasteiger charge is -2.07. The lowest BCUT2D eigenvalue weighted by Crippen LogP contribution is -2.25. The Labute approximate surface area is 111 Å². The van der Waals surface area contributed by atoms with Crippen LogP contribution in [0.2, 0.25) is 0 Å². The molecule has 0 atom stereocenters. The van der Waals surface area contributed by atoms with E-state index in [4.69, 9.17) is 5.84 Å². The maximum absolute atomic E-state index is 12.0. The fraction of sp³-hybridized carbons (Fsp3) is 0.111. The van der Waals surface area contributed by atoms with Crippen LogP contribution in [-0.2, 0) is 6.54 Å². The van der Waals surface area contributed by atoms with Crippen LogP contribution in [0.5, 0.6) is 0 Å². The standard InChI is InChI=1S/C9H10N8O3/c10-15-6-2-11-8(17(19)20)1-5(6)9(18)12-3-7-13-4-14-16-7/h1-2,4,15H,3,10H2,(H,12,18)(H,13,14,16). The van der Waals surface area contributed by atoms with Crippen molar-refractivity contribution in [1.82, 2.24) is 25.5 Å². The summed E-state index contributed by atoms with van der Waals surface area (Å²) in [5.41, 5.74) is 2.43. The Morgan fingerprint density at radius 2 is 2.30 bits per heavy atom. The normalized spacial score (nSPS) is 10.1. The molecule has 0 aromatic carbocycles. The van der Waals surface area contributed by atoms with E-state index in [1.165, 1.54) is 6.33 Å². The van der Waals surface area contributed by atoms with Crippen molar-refractivity contribution in [2.75, 3.05) is 5.43 Å². The van der Waals surface area contributed by atoms with Crippen LogP contribution in [0, 0.1) is 10.1 Å². The number of hydrogen-bond acceptors (Lipinski definition) is 8. The van der Waals surface area contributed by atoms with Gasteiger partial charge in [0.05, 0.1) is 18.2 Å². The van der Waals surface area contributed by atoms with Gasteiger partial charge in [0.25, 0.3) is 5.91 Å². The van der Waals surface area contributed by atoms with Gasteiger partial charge < -0.3 is 20.9 Å². The summed E-state index contributed by atoms with van der Waals surface area (Å²) in [4.78, 5) is 29.3. The van der Waals surface area contributed by atoms with Crippen LogP contribution < -0.4 is 16.6 Å². The SMILES string of the molecule is NNc1cnc([N+](=O)[O-])cc1C(=O)NCc1ncn[nH]1. The van der Waals surface area contributed by atoms with Crippen LogP contribution in [0.25, 0.3) is 0 Å². The Morgan fingerprint density at radius 3 is 2.90 bits per heavy atom. The summed E-state index contributed by atoms with van der Waals surface area (Å²) in [6.07, 6.45) is 2.41. The highest BCUT2D eigenvalue weighted by Gasteiger charge is 2.18. The van der Waals surface area contributed by atoms with E-state index < -0.39 is 16.6 Å². The molecule has 0 unspecified atom stereocenters. The quantitative estimate of drug-likeness (QED) is 0.317. The first kappa shape index (κ1) is 13.4. The zero-order valence-electron chi connectivity index (χ0n) is 10.0. The predicted octanol–water partition coefficient (Wildman–Crippen LogP) is -0.677. The van der Waals surface area contributed by atoms with E-state index in [0.717, 1.165) is 12.3 Å². The van der Waals surface area contributed by atoms with E-state index in [9.17, 15) is 14.9 Å². The molecule has 11 nitrogen and oxygen atoms in total. The van der Waals surface area contributed by atoms with Crippen molar-refractivity contribution in [3.63, 3.8) is 0 Å². The molecule has 0 aliphatic heterocycles. The Bertz CT molecular complexity index is 626. The first-order valence-corrected chi connectivity index (χ1v) is 5.35. The molecule has 0 radical (unpaired) electrons. The van der Waals surface area contributed by atoms with Crippen molar-refractivity contribution in [2.24, 2.45) is 5.84 Å². The van der Waals surface area contributed by atoms with Gasteiger partial charge in [0, 0.05) is 0 Å². The van der Waals surface area contributed by atoms with Crippen molar-refractivity contribution in [3.05, 3.63) is 40.1 Å². The molecule has 2 rings (SSSR count). The molecule has 0 saturated carbocycles. The summed E-state index contributed by atoms with van der Waals surface area (Å²) in [6, 6.07) is 1.03. The highest BCUT2D eigenvalue weighted by molar-refractivity contribution is 5.99. The van der Waals surface area contributed by atoms with Gasteiger partial charge in [-0.2, -0.15) is 5.10 Å². The zero-order valence-corrected chi connectivity index (χ0v) is 10.0. The van der Waals surface area contributed by atoms with Crippen LogP contribution >= 0.6 is 0 Å². The number of nitrogens with two attached hydrogens (primary N) is 1. The third kappa shape index (κ3) is 2.84. The summed E-state index contributed by atoms with van der Waals surface area (Å²) in [7, 11) is 0. The number of pyridine rings is 1. The molecule has 2 heterocycles. The largest absolute Gasteiger partial charge is 0.364 e. The summed E-state index contributed by atoms with van der Waals surface area (Å²) in [5.74, 6) is 4.68. The number of anilines is 1. The minimum absolute atomic E-state index is 0.00807. The van der Waals surface area contributed by atoms with Gasteiger partial charge in [-0.1, -0.05) is 0 Å². The highest BCUT2D eigenvalue weighted by Crippen LogP contribution is 2.18. The van der Waals surface area contributed by atoms with E-state index >= 15 is 0 Å². The Kier molecular flexibility index (Phi) is 3.81. The second kappa shape index (κ2) is 5.71. The number of rotatable bonds is 5. The van der Waals surface area contributed by atoms with Crippen LogP contribution in [-0.4, -0.2) is 31.0 Å². The van der Waals surface area contributed by atoms with Crippen LogP contribution in [0.4, 0.5) is 11.5 Å². The van der Waals surface area contributed by atoms with Crippen molar-refractivity contribution in [3.8, 4) is 0 Å². The number of nitrogens with one attached hydrogen (secondary N) is 3. The number of nitrogens with zero attached hydrogens (tertiary/aromatic N) is 4. The molecule has 2 aromatic heterocycles. The molecule has 1 amide bonds. The molecule has 2 aromatic rings. The third-order valence-corrected chi connectivity index (χ3v) is 2.36. The number of nitrogen functional groups attached to an aromatic ring is 1. The van der Waals surface area contributed by atoms with Crippen molar-refractivity contribution < 1.29 is 9.72 Å². The van der Waals surface area contributed by atoms with Crippen molar-refractivity contribution in [1.29, 1.82) is 0 Å². The van der Waals surface area contributed by atoms with E-state index in [1.807, 2.05) is 0 Å². The Morgan fingerprint density at radius 1 is 1.50 bits per heavy atom. The second-order valence-electron chi connectivity index (χ2n) is 3.60. The number of amides is 1. The molecular formula is C9H10N8O3. The molecule has 104 valence electrons. The average molecular weight is 278 g/mol. The summed E-state index contributed by atoms with van der Waals surface area (Å²) in [5, 5.41) is 19.4. The van der Waals surface area contributed by atoms with Gasteiger partial charge in [0.1, 0.15) is 17.8 Å². The molecule has 11 heteroatoms. The number of nitro groups is 1. The molecule has 0 fully saturated rings. The number of carbonyl (C=O) groups excluding carboxylic acids is 1. The van der Waals surface area contributed by atoms with Crippen LogP contribution in [0.15, 0.2) is 18.6 Å². The summed E-state index contributed by atoms with van der Waals surface area (Å²) in [6.45, 7) is 0.0962. The molecule has 0 saturated heterocycles. The van der Waals surface area contributed by atoms with Crippen LogP contribution in [0.3, 0.4) is 0 Å².